The quantitative estimate of drug-likeness (QED) is 0.654. The number of aliphatic carboxylic acids is 1. The third-order valence-electron chi connectivity index (χ3n) is 3.12. The maximum Gasteiger partial charge on any atom is 0.306 e. The zero-order valence-electron chi connectivity index (χ0n) is 10.1. The van der Waals surface area contributed by atoms with Gasteiger partial charge in [-0.2, -0.15) is 0 Å². The minimum absolute atomic E-state index is 0.118. The second kappa shape index (κ2) is 6.56. The lowest BCUT2D eigenvalue weighted by atomic mass is 10.0. The number of carboxylic acid groups (broad SMARTS) is 1. The zero-order chi connectivity index (χ0) is 12.8. The summed E-state index contributed by atoms with van der Waals surface area (Å²) in [5.41, 5.74) is 0. The van der Waals surface area contributed by atoms with E-state index in [1.54, 1.807) is 0 Å². The van der Waals surface area contributed by atoms with Crippen molar-refractivity contribution in [1.29, 1.82) is 0 Å². The van der Waals surface area contributed by atoms with Crippen molar-refractivity contribution in [3.63, 3.8) is 0 Å². The first-order valence-corrected chi connectivity index (χ1v) is 5.64. The summed E-state index contributed by atoms with van der Waals surface area (Å²) in [5, 5.41) is 11.5. The highest BCUT2D eigenvalue weighted by Gasteiger charge is 2.33. The molecule has 17 heavy (non-hydrogen) atoms. The van der Waals surface area contributed by atoms with Crippen molar-refractivity contribution in [3.8, 4) is 0 Å². The Morgan fingerprint density at radius 3 is 2.35 bits per heavy atom. The number of methoxy groups -OCH3 is 2. The van der Waals surface area contributed by atoms with Crippen LogP contribution >= 0.6 is 0 Å². The average molecular weight is 245 g/mol. The van der Waals surface area contributed by atoms with Gasteiger partial charge in [-0.25, -0.2) is 0 Å². The smallest absolute Gasteiger partial charge is 0.306 e. The molecular formula is C11H19NO5. The third-order valence-corrected chi connectivity index (χ3v) is 3.12. The molecule has 2 unspecified atom stereocenters. The zero-order valence-corrected chi connectivity index (χ0v) is 10.1. The van der Waals surface area contributed by atoms with Crippen molar-refractivity contribution in [2.24, 2.45) is 11.8 Å². The number of carbonyl (C=O) groups is 2. The van der Waals surface area contributed by atoms with Gasteiger partial charge >= 0.3 is 5.97 Å². The van der Waals surface area contributed by atoms with E-state index in [-0.39, 0.29) is 24.3 Å². The molecule has 0 aromatic heterocycles. The molecule has 0 aromatic carbocycles. The fourth-order valence-corrected chi connectivity index (χ4v) is 2.04. The van der Waals surface area contributed by atoms with E-state index in [9.17, 15) is 9.59 Å². The first-order chi connectivity index (χ1) is 8.08. The fourth-order valence-electron chi connectivity index (χ4n) is 2.04. The molecule has 0 aliphatic heterocycles. The summed E-state index contributed by atoms with van der Waals surface area (Å²) in [6.45, 7) is 0.278. The number of hydrogen-bond donors (Lipinski definition) is 2. The van der Waals surface area contributed by atoms with Crippen LogP contribution < -0.4 is 5.32 Å². The lowest BCUT2D eigenvalue weighted by molar-refractivity contribution is -0.141. The van der Waals surface area contributed by atoms with E-state index in [4.69, 9.17) is 14.6 Å². The lowest BCUT2D eigenvalue weighted by Gasteiger charge is -2.16. The Morgan fingerprint density at radius 1 is 1.29 bits per heavy atom. The number of carbonyl (C=O) groups excluding carboxylic acids is 1. The van der Waals surface area contributed by atoms with E-state index in [1.807, 2.05) is 0 Å². The van der Waals surface area contributed by atoms with E-state index < -0.39 is 12.3 Å². The summed E-state index contributed by atoms with van der Waals surface area (Å²) < 4.78 is 9.88. The van der Waals surface area contributed by atoms with Crippen molar-refractivity contribution in [2.45, 2.75) is 25.6 Å². The molecule has 0 heterocycles. The van der Waals surface area contributed by atoms with Gasteiger partial charge in [0, 0.05) is 20.1 Å². The first kappa shape index (κ1) is 13.9. The number of ether oxygens (including phenoxy) is 2. The molecule has 0 spiro atoms. The molecule has 1 rings (SSSR count). The van der Waals surface area contributed by atoms with E-state index >= 15 is 0 Å². The summed E-state index contributed by atoms with van der Waals surface area (Å²) in [7, 11) is 2.99. The molecule has 2 N–H and O–H groups in total. The maximum absolute atomic E-state index is 11.7. The fraction of sp³-hybridized carbons (Fsp3) is 0.818. The summed E-state index contributed by atoms with van der Waals surface area (Å²) in [6, 6.07) is 0. The minimum Gasteiger partial charge on any atom is -0.481 e. The Bertz CT molecular complexity index is 277. The van der Waals surface area contributed by atoms with Crippen LogP contribution in [-0.4, -0.2) is 44.0 Å². The topological polar surface area (TPSA) is 84.9 Å². The number of rotatable bonds is 6. The molecule has 0 radical (unpaired) electrons. The monoisotopic (exact) mass is 245 g/mol. The highest BCUT2D eigenvalue weighted by atomic mass is 16.7. The second-order valence-electron chi connectivity index (χ2n) is 4.19. The average Bonchev–Trinajstić information content (AvgIpc) is 2.79. The number of amides is 1. The Hall–Kier alpha value is -1.14. The van der Waals surface area contributed by atoms with E-state index in [0.29, 0.717) is 19.3 Å². The highest BCUT2D eigenvalue weighted by molar-refractivity contribution is 5.80. The van der Waals surface area contributed by atoms with E-state index in [0.717, 1.165) is 0 Å². The van der Waals surface area contributed by atoms with E-state index in [2.05, 4.69) is 5.32 Å². The molecule has 0 bridgehead atoms. The molecule has 1 aliphatic carbocycles. The number of nitrogens with one attached hydrogen (secondary N) is 1. The van der Waals surface area contributed by atoms with Gasteiger partial charge in [0.25, 0.3) is 0 Å². The third kappa shape index (κ3) is 3.98. The summed E-state index contributed by atoms with van der Waals surface area (Å²) in [4.78, 5) is 22.5. The molecule has 1 fully saturated rings. The SMILES string of the molecule is COC(CNC(=O)C1CCC(C(=O)O)C1)OC. The van der Waals surface area contributed by atoms with Crippen molar-refractivity contribution in [2.75, 3.05) is 20.8 Å². The Morgan fingerprint density at radius 2 is 1.88 bits per heavy atom. The van der Waals surface area contributed by atoms with Crippen LogP contribution in [0.1, 0.15) is 19.3 Å². The molecule has 98 valence electrons. The highest BCUT2D eigenvalue weighted by Crippen LogP contribution is 2.30. The molecule has 0 saturated heterocycles. The van der Waals surface area contributed by atoms with Crippen LogP contribution in [0, 0.1) is 11.8 Å². The summed E-state index contributed by atoms with van der Waals surface area (Å²) in [6.07, 6.45) is 1.17. The maximum atomic E-state index is 11.7. The van der Waals surface area contributed by atoms with Crippen LogP contribution in [-0.2, 0) is 19.1 Å². The van der Waals surface area contributed by atoms with Gasteiger partial charge in [0.1, 0.15) is 0 Å². The van der Waals surface area contributed by atoms with Gasteiger partial charge in [0.2, 0.25) is 5.91 Å². The van der Waals surface area contributed by atoms with Gasteiger partial charge in [0.15, 0.2) is 6.29 Å². The van der Waals surface area contributed by atoms with Gasteiger partial charge in [0.05, 0.1) is 12.5 Å². The molecule has 0 aromatic rings. The van der Waals surface area contributed by atoms with Crippen LogP contribution in [0.3, 0.4) is 0 Å². The first-order valence-electron chi connectivity index (χ1n) is 5.64. The van der Waals surface area contributed by atoms with Gasteiger partial charge in [-0.15, -0.1) is 0 Å². The largest absolute Gasteiger partial charge is 0.481 e. The minimum atomic E-state index is -0.813. The van der Waals surface area contributed by atoms with Crippen LogP contribution in [0.4, 0.5) is 0 Å². The molecule has 2 atom stereocenters. The van der Waals surface area contributed by atoms with Gasteiger partial charge < -0.3 is 19.9 Å². The lowest BCUT2D eigenvalue weighted by Crippen LogP contribution is -2.37. The predicted octanol–water partition coefficient (Wildman–Crippen LogP) is 0.222. The molecule has 1 aliphatic rings. The van der Waals surface area contributed by atoms with Crippen LogP contribution in [0.5, 0.6) is 0 Å². The summed E-state index contributed by atoms with van der Waals surface area (Å²) in [5.74, 6) is -1.52. The Labute approximate surface area is 100 Å². The molecule has 6 nitrogen and oxygen atoms in total. The standard InChI is InChI=1S/C11H19NO5/c1-16-9(17-2)6-12-10(13)7-3-4-8(5-7)11(14)15/h7-9H,3-6H2,1-2H3,(H,12,13)(H,14,15). The van der Waals surface area contributed by atoms with Crippen LogP contribution in [0.2, 0.25) is 0 Å². The molecule has 6 heteroatoms. The molecule has 1 amide bonds. The van der Waals surface area contributed by atoms with Crippen LogP contribution in [0.15, 0.2) is 0 Å². The molecular weight excluding hydrogens is 226 g/mol. The number of carboxylic acids is 1. The predicted molar refractivity (Wildman–Crippen MR) is 59.3 cm³/mol. The van der Waals surface area contributed by atoms with Gasteiger partial charge in [-0.3, -0.25) is 9.59 Å². The van der Waals surface area contributed by atoms with Crippen molar-refractivity contribution in [1.82, 2.24) is 5.32 Å². The second-order valence-corrected chi connectivity index (χ2v) is 4.19. The van der Waals surface area contributed by atoms with Crippen molar-refractivity contribution in [3.05, 3.63) is 0 Å². The van der Waals surface area contributed by atoms with Gasteiger partial charge in [-0.05, 0) is 19.3 Å². The summed E-state index contributed by atoms with van der Waals surface area (Å²) >= 11 is 0. The van der Waals surface area contributed by atoms with Crippen LogP contribution in [0.25, 0.3) is 0 Å². The van der Waals surface area contributed by atoms with Crippen molar-refractivity contribution >= 4 is 11.9 Å². The van der Waals surface area contributed by atoms with E-state index in [1.165, 1.54) is 14.2 Å². The Kier molecular flexibility index (Phi) is 5.37. The normalized spacial score (nSPS) is 23.9. The molecule has 1 saturated carbocycles. The number of hydrogen-bond acceptors (Lipinski definition) is 4. The van der Waals surface area contributed by atoms with Crippen molar-refractivity contribution < 1.29 is 24.2 Å². The van der Waals surface area contributed by atoms with Gasteiger partial charge in [-0.1, -0.05) is 0 Å². The Balaban J connectivity index is 2.32.